The summed E-state index contributed by atoms with van der Waals surface area (Å²) >= 11 is 5.96. The van der Waals surface area contributed by atoms with Gasteiger partial charge in [0.2, 0.25) is 0 Å². The number of nitrogens with zero attached hydrogens (tertiary/aromatic N) is 2. The Morgan fingerprint density at radius 3 is 2.47 bits per heavy atom. The first kappa shape index (κ1) is 14.4. The first-order valence-corrected chi connectivity index (χ1v) is 6.72. The summed E-state index contributed by atoms with van der Waals surface area (Å²) < 4.78 is 0. The summed E-state index contributed by atoms with van der Waals surface area (Å²) in [6.07, 6.45) is 7.85. The smallest absolute Gasteiger partial charge is 0.153 e. The fourth-order valence-electron chi connectivity index (χ4n) is 2.05. The molecule has 3 nitrogen and oxygen atoms in total. The number of unbranched alkanes of at least 4 members (excludes halogenated alkanes) is 1. The third kappa shape index (κ3) is 4.25. The Morgan fingerprint density at radius 2 is 1.88 bits per heavy atom. The molecule has 2 atom stereocenters. The highest BCUT2D eigenvalue weighted by molar-refractivity contribution is 6.30. The molecule has 96 valence electrons. The Kier molecular flexibility index (Phi) is 6.45. The molecule has 17 heavy (non-hydrogen) atoms. The summed E-state index contributed by atoms with van der Waals surface area (Å²) in [5.41, 5.74) is 0.517. The second kappa shape index (κ2) is 7.62. The van der Waals surface area contributed by atoms with Crippen molar-refractivity contribution in [2.45, 2.75) is 52.1 Å². The van der Waals surface area contributed by atoms with E-state index in [0.29, 0.717) is 10.8 Å². The molecule has 0 amide bonds. The molecular weight excluding hydrogens is 236 g/mol. The van der Waals surface area contributed by atoms with Gasteiger partial charge in [-0.05, 0) is 18.8 Å². The number of hydrogen-bond acceptors (Lipinski definition) is 3. The maximum atomic E-state index is 10.3. The van der Waals surface area contributed by atoms with Gasteiger partial charge in [-0.25, -0.2) is 4.98 Å². The zero-order valence-corrected chi connectivity index (χ0v) is 11.3. The fourth-order valence-corrected chi connectivity index (χ4v) is 2.27. The quantitative estimate of drug-likeness (QED) is 0.808. The number of halogens is 1. The Morgan fingerprint density at radius 1 is 1.18 bits per heavy atom. The molecule has 0 aliphatic rings. The molecule has 0 aromatic carbocycles. The van der Waals surface area contributed by atoms with E-state index in [1.807, 2.05) is 0 Å². The van der Waals surface area contributed by atoms with Crippen LogP contribution in [0, 0.1) is 5.92 Å². The first-order chi connectivity index (χ1) is 8.20. The summed E-state index contributed by atoms with van der Waals surface area (Å²) in [5.74, 6) is 0.231. The lowest BCUT2D eigenvalue weighted by atomic mass is 9.90. The zero-order valence-electron chi connectivity index (χ0n) is 10.6. The first-order valence-electron chi connectivity index (χ1n) is 6.35. The van der Waals surface area contributed by atoms with Gasteiger partial charge in [-0.2, -0.15) is 0 Å². The van der Waals surface area contributed by atoms with E-state index in [9.17, 15) is 5.11 Å². The number of aromatic nitrogens is 2. The Hall–Kier alpha value is -0.670. The van der Waals surface area contributed by atoms with Crippen molar-refractivity contribution in [1.82, 2.24) is 9.97 Å². The summed E-state index contributed by atoms with van der Waals surface area (Å²) in [4.78, 5) is 8.11. The average Bonchev–Trinajstić information content (AvgIpc) is 2.34. The Balaban J connectivity index is 2.76. The summed E-state index contributed by atoms with van der Waals surface area (Å²) in [7, 11) is 0. The van der Waals surface area contributed by atoms with E-state index in [1.54, 1.807) is 12.4 Å². The van der Waals surface area contributed by atoms with E-state index >= 15 is 0 Å². The molecule has 0 aliphatic heterocycles. The van der Waals surface area contributed by atoms with E-state index in [4.69, 9.17) is 11.6 Å². The molecule has 1 aromatic rings. The number of aliphatic hydroxyl groups is 1. The summed E-state index contributed by atoms with van der Waals surface area (Å²) in [6.45, 7) is 4.29. The maximum Gasteiger partial charge on any atom is 0.153 e. The van der Waals surface area contributed by atoms with Crippen molar-refractivity contribution in [2.75, 3.05) is 0 Å². The van der Waals surface area contributed by atoms with Gasteiger partial charge in [0.1, 0.15) is 11.8 Å². The van der Waals surface area contributed by atoms with Crippen LogP contribution < -0.4 is 0 Å². The van der Waals surface area contributed by atoms with Crippen LogP contribution in [0.4, 0.5) is 0 Å². The summed E-state index contributed by atoms with van der Waals surface area (Å²) in [5, 5.41) is 10.6. The predicted octanol–water partition coefficient (Wildman–Crippen LogP) is 3.77. The molecule has 1 N–H and O–H groups in total. The van der Waals surface area contributed by atoms with Gasteiger partial charge in [-0.3, -0.25) is 4.98 Å². The van der Waals surface area contributed by atoms with Crippen LogP contribution in [0.5, 0.6) is 0 Å². The molecule has 0 saturated heterocycles. The minimum atomic E-state index is -0.595. The van der Waals surface area contributed by atoms with Crippen LogP contribution in [-0.2, 0) is 0 Å². The minimum absolute atomic E-state index is 0.231. The van der Waals surface area contributed by atoms with Crippen LogP contribution in [-0.4, -0.2) is 15.1 Å². The monoisotopic (exact) mass is 256 g/mol. The van der Waals surface area contributed by atoms with Gasteiger partial charge < -0.3 is 5.11 Å². The van der Waals surface area contributed by atoms with Crippen molar-refractivity contribution in [2.24, 2.45) is 5.92 Å². The highest BCUT2D eigenvalue weighted by Gasteiger charge is 2.23. The van der Waals surface area contributed by atoms with Crippen LogP contribution in [0.25, 0.3) is 0 Å². The molecule has 0 bridgehead atoms. The minimum Gasteiger partial charge on any atom is -0.386 e. The van der Waals surface area contributed by atoms with Crippen molar-refractivity contribution in [3.05, 3.63) is 23.2 Å². The van der Waals surface area contributed by atoms with Gasteiger partial charge >= 0.3 is 0 Å². The molecule has 0 saturated carbocycles. The fraction of sp³-hybridized carbons (Fsp3) is 0.692. The molecule has 2 unspecified atom stereocenters. The Labute approximate surface area is 108 Å². The molecule has 0 aliphatic carbocycles. The Bertz CT molecular complexity index is 333. The van der Waals surface area contributed by atoms with Crippen molar-refractivity contribution < 1.29 is 5.11 Å². The van der Waals surface area contributed by atoms with Crippen molar-refractivity contribution in [1.29, 1.82) is 0 Å². The number of hydrogen-bond donors (Lipinski definition) is 1. The van der Waals surface area contributed by atoms with Crippen LogP contribution in [0.1, 0.15) is 57.7 Å². The van der Waals surface area contributed by atoms with Crippen LogP contribution in [0.3, 0.4) is 0 Å². The molecule has 1 aromatic heterocycles. The topological polar surface area (TPSA) is 46.0 Å². The standard InChI is InChI=1S/C13H21ClN2O/c1-3-5-7-10(6-4-2)12(17)11-13(14)16-9-8-15-11/h8-10,12,17H,3-7H2,1-2H3. The van der Waals surface area contributed by atoms with Crippen LogP contribution >= 0.6 is 11.6 Å². The van der Waals surface area contributed by atoms with Gasteiger partial charge in [0.05, 0.1) is 0 Å². The van der Waals surface area contributed by atoms with Gasteiger partial charge in [-0.15, -0.1) is 0 Å². The van der Waals surface area contributed by atoms with Crippen LogP contribution in [0.15, 0.2) is 12.4 Å². The third-order valence-corrected chi connectivity index (χ3v) is 3.29. The van der Waals surface area contributed by atoms with E-state index in [0.717, 1.165) is 32.1 Å². The second-order valence-corrected chi connectivity index (χ2v) is 4.73. The molecule has 0 radical (unpaired) electrons. The maximum absolute atomic E-state index is 10.3. The lowest BCUT2D eigenvalue weighted by molar-refractivity contribution is 0.0913. The molecular formula is C13H21ClN2O. The van der Waals surface area contributed by atoms with Gasteiger partial charge in [0, 0.05) is 12.4 Å². The molecule has 1 heterocycles. The molecule has 4 heteroatoms. The zero-order chi connectivity index (χ0) is 12.7. The third-order valence-electron chi connectivity index (χ3n) is 2.99. The highest BCUT2D eigenvalue weighted by atomic mass is 35.5. The van der Waals surface area contributed by atoms with Gasteiger partial charge in [0.15, 0.2) is 5.15 Å². The lowest BCUT2D eigenvalue weighted by Gasteiger charge is -2.22. The van der Waals surface area contributed by atoms with E-state index in [2.05, 4.69) is 23.8 Å². The average molecular weight is 257 g/mol. The lowest BCUT2D eigenvalue weighted by Crippen LogP contribution is -2.15. The second-order valence-electron chi connectivity index (χ2n) is 4.37. The number of rotatable bonds is 7. The van der Waals surface area contributed by atoms with Crippen molar-refractivity contribution in [3.8, 4) is 0 Å². The largest absolute Gasteiger partial charge is 0.386 e. The SMILES string of the molecule is CCCCC(CCC)C(O)c1nccnc1Cl. The van der Waals surface area contributed by atoms with E-state index in [-0.39, 0.29) is 5.92 Å². The molecule has 1 rings (SSSR count). The van der Waals surface area contributed by atoms with Crippen LogP contribution in [0.2, 0.25) is 5.15 Å². The van der Waals surface area contributed by atoms with Crippen molar-refractivity contribution in [3.63, 3.8) is 0 Å². The van der Waals surface area contributed by atoms with E-state index in [1.165, 1.54) is 0 Å². The molecule has 0 fully saturated rings. The number of aliphatic hydroxyl groups excluding tert-OH is 1. The molecule has 0 spiro atoms. The normalized spacial score (nSPS) is 14.6. The summed E-state index contributed by atoms with van der Waals surface area (Å²) in [6, 6.07) is 0. The van der Waals surface area contributed by atoms with E-state index < -0.39 is 6.10 Å². The van der Waals surface area contributed by atoms with Gasteiger partial charge in [-0.1, -0.05) is 44.7 Å². The van der Waals surface area contributed by atoms with Gasteiger partial charge in [0.25, 0.3) is 0 Å². The van der Waals surface area contributed by atoms with Crippen molar-refractivity contribution >= 4 is 11.6 Å². The highest BCUT2D eigenvalue weighted by Crippen LogP contribution is 2.31. The predicted molar refractivity (Wildman–Crippen MR) is 69.9 cm³/mol.